The summed E-state index contributed by atoms with van der Waals surface area (Å²) in [6, 6.07) is 10.7. The summed E-state index contributed by atoms with van der Waals surface area (Å²) in [6.07, 6.45) is 3.93. The van der Waals surface area contributed by atoms with Crippen LogP contribution in [0, 0.1) is 0 Å². The number of rotatable bonds is 6. The molecule has 1 aromatic heterocycles. The Balaban J connectivity index is 1.66. The highest BCUT2D eigenvalue weighted by atomic mass is 16.5. The minimum Gasteiger partial charge on any atom is -0.370 e. The van der Waals surface area contributed by atoms with Crippen LogP contribution in [-0.4, -0.2) is 66.5 Å². The lowest BCUT2D eigenvalue weighted by atomic mass is 10.1. The standard InChI is InChI=1S/C21H32N6O/c1-5-22-21(23-13-17(2)26(4)19-9-7-6-8-10-19)27-11-12-28-20(16-27)18-14-24-25(3)15-18/h6-10,14-15,17,20H,5,11-13,16H2,1-4H3,(H,22,23). The molecule has 1 aliphatic rings. The van der Waals surface area contributed by atoms with Gasteiger partial charge in [-0.15, -0.1) is 0 Å². The fourth-order valence-corrected chi connectivity index (χ4v) is 3.33. The van der Waals surface area contributed by atoms with Gasteiger partial charge in [-0.3, -0.25) is 9.67 Å². The summed E-state index contributed by atoms with van der Waals surface area (Å²) in [5.41, 5.74) is 2.32. The molecule has 0 saturated carbocycles. The van der Waals surface area contributed by atoms with Crippen molar-refractivity contribution in [3.8, 4) is 0 Å². The maximum absolute atomic E-state index is 5.97. The summed E-state index contributed by atoms with van der Waals surface area (Å²) >= 11 is 0. The largest absolute Gasteiger partial charge is 0.370 e. The quantitative estimate of drug-likeness (QED) is 0.612. The first-order valence-corrected chi connectivity index (χ1v) is 9.99. The van der Waals surface area contributed by atoms with E-state index >= 15 is 0 Å². The molecule has 0 amide bonds. The first kappa shape index (κ1) is 20.2. The molecule has 152 valence electrons. The molecule has 7 heteroatoms. The Hall–Kier alpha value is -2.54. The highest BCUT2D eigenvalue weighted by Crippen LogP contribution is 2.21. The van der Waals surface area contributed by atoms with Crippen LogP contribution in [-0.2, 0) is 11.8 Å². The van der Waals surface area contributed by atoms with E-state index in [1.54, 1.807) is 0 Å². The molecule has 3 rings (SSSR count). The van der Waals surface area contributed by atoms with E-state index in [4.69, 9.17) is 9.73 Å². The van der Waals surface area contributed by atoms with Gasteiger partial charge in [0, 0.05) is 50.7 Å². The number of morpholine rings is 1. The third kappa shape index (κ3) is 5.04. The van der Waals surface area contributed by atoms with Crippen molar-refractivity contribution >= 4 is 11.6 Å². The van der Waals surface area contributed by atoms with Crippen molar-refractivity contribution in [2.24, 2.45) is 12.0 Å². The van der Waals surface area contributed by atoms with E-state index in [0.29, 0.717) is 12.6 Å². The van der Waals surface area contributed by atoms with E-state index in [9.17, 15) is 0 Å². The Kier molecular flexibility index (Phi) is 6.92. The summed E-state index contributed by atoms with van der Waals surface area (Å²) in [5.74, 6) is 0.952. The topological polar surface area (TPSA) is 57.9 Å². The van der Waals surface area contributed by atoms with Gasteiger partial charge in [-0.05, 0) is 26.0 Å². The minimum absolute atomic E-state index is 0.0238. The van der Waals surface area contributed by atoms with E-state index in [1.165, 1.54) is 5.69 Å². The molecule has 1 saturated heterocycles. The van der Waals surface area contributed by atoms with Crippen LogP contribution in [0.15, 0.2) is 47.7 Å². The van der Waals surface area contributed by atoms with Gasteiger partial charge < -0.3 is 19.9 Å². The number of para-hydroxylation sites is 1. The van der Waals surface area contributed by atoms with Crippen LogP contribution >= 0.6 is 0 Å². The monoisotopic (exact) mass is 384 g/mol. The lowest BCUT2D eigenvalue weighted by molar-refractivity contribution is -0.00804. The SMILES string of the molecule is CCNC(=NCC(C)N(C)c1ccccc1)N1CCOC(c2cnn(C)c2)C1. The normalized spacial score (nSPS) is 18.8. The first-order valence-electron chi connectivity index (χ1n) is 9.99. The van der Waals surface area contributed by atoms with Gasteiger partial charge in [0.15, 0.2) is 5.96 Å². The molecule has 1 aromatic carbocycles. The van der Waals surface area contributed by atoms with Gasteiger partial charge in [0.2, 0.25) is 0 Å². The zero-order chi connectivity index (χ0) is 19.9. The van der Waals surface area contributed by atoms with Crippen molar-refractivity contribution in [1.29, 1.82) is 0 Å². The van der Waals surface area contributed by atoms with Crippen LogP contribution in [0.1, 0.15) is 25.5 Å². The Labute approximate surface area is 168 Å². The predicted molar refractivity (Wildman–Crippen MR) is 114 cm³/mol. The van der Waals surface area contributed by atoms with Gasteiger partial charge in [0.1, 0.15) is 6.10 Å². The molecule has 0 bridgehead atoms. The number of ether oxygens (including phenoxy) is 1. The molecule has 2 aromatic rings. The highest BCUT2D eigenvalue weighted by molar-refractivity contribution is 5.80. The Morgan fingerprint density at radius 1 is 1.39 bits per heavy atom. The molecule has 1 aliphatic heterocycles. The van der Waals surface area contributed by atoms with Crippen LogP contribution in [0.25, 0.3) is 0 Å². The van der Waals surface area contributed by atoms with Crippen molar-refractivity contribution in [1.82, 2.24) is 20.0 Å². The zero-order valence-corrected chi connectivity index (χ0v) is 17.4. The molecule has 2 atom stereocenters. The van der Waals surface area contributed by atoms with E-state index in [1.807, 2.05) is 30.2 Å². The number of hydrogen-bond donors (Lipinski definition) is 1. The second-order valence-corrected chi connectivity index (χ2v) is 7.24. The van der Waals surface area contributed by atoms with Gasteiger partial charge in [-0.25, -0.2) is 0 Å². The summed E-state index contributed by atoms with van der Waals surface area (Å²) in [7, 11) is 4.05. The van der Waals surface area contributed by atoms with Gasteiger partial charge in [0.05, 0.1) is 25.9 Å². The molecule has 28 heavy (non-hydrogen) atoms. The zero-order valence-electron chi connectivity index (χ0n) is 17.4. The predicted octanol–water partition coefficient (Wildman–Crippen LogP) is 2.28. The number of anilines is 1. The van der Waals surface area contributed by atoms with Gasteiger partial charge in [-0.2, -0.15) is 5.10 Å². The number of nitrogens with zero attached hydrogens (tertiary/aromatic N) is 5. The van der Waals surface area contributed by atoms with Crippen molar-refractivity contribution < 1.29 is 4.74 Å². The Bertz CT molecular complexity index is 759. The number of aromatic nitrogens is 2. The van der Waals surface area contributed by atoms with Gasteiger partial charge in [0.25, 0.3) is 0 Å². The summed E-state index contributed by atoms with van der Waals surface area (Å²) < 4.78 is 7.79. The number of nitrogens with one attached hydrogen (secondary N) is 1. The average molecular weight is 385 g/mol. The molecule has 0 spiro atoms. The van der Waals surface area contributed by atoms with Crippen molar-refractivity contribution in [2.75, 3.05) is 44.7 Å². The van der Waals surface area contributed by atoms with E-state index in [-0.39, 0.29) is 6.10 Å². The molecule has 2 unspecified atom stereocenters. The maximum Gasteiger partial charge on any atom is 0.194 e. The fraction of sp³-hybridized carbons (Fsp3) is 0.524. The summed E-state index contributed by atoms with van der Waals surface area (Å²) in [4.78, 5) is 9.49. The molecular formula is C21H32N6O. The first-order chi connectivity index (χ1) is 13.6. The van der Waals surface area contributed by atoms with Gasteiger partial charge in [-0.1, -0.05) is 18.2 Å². The smallest absolute Gasteiger partial charge is 0.194 e. The maximum atomic E-state index is 5.97. The van der Waals surface area contributed by atoms with Crippen molar-refractivity contribution in [3.05, 3.63) is 48.3 Å². The number of guanidine groups is 1. The van der Waals surface area contributed by atoms with Crippen LogP contribution in [0.3, 0.4) is 0 Å². The lowest BCUT2D eigenvalue weighted by Gasteiger charge is -2.35. The Morgan fingerprint density at radius 3 is 2.86 bits per heavy atom. The number of aliphatic imine (C=N–C) groups is 1. The molecule has 1 fully saturated rings. The number of likely N-dealkylation sites (N-methyl/N-ethyl adjacent to an activating group) is 1. The van der Waals surface area contributed by atoms with E-state index < -0.39 is 0 Å². The van der Waals surface area contributed by atoms with Crippen LogP contribution in [0.4, 0.5) is 5.69 Å². The number of benzene rings is 1. The number of aryl methyl sites for hydroxylation is 1. The van der Waals surface area contributed by atoms with Crippen LogP contribution in [0.5, 0.6) is 0 Å². The highest BCUT2D eigenvalue weighted by Gasteiger charge is 2.25. The molecule has 0 radical (unpaired) electrons. The van der Waals surface area contributed by atoms with Crippen molar-refractivity contribution in [2.45, 2.75) is 26.0 Å². The van der Waals surface area contributed by atoms with Gasteiger partial charge >= 0.3 is 0 Å². The van der Waals surface area contributed by atoms with Crippen LogP contribution < -0.4 is 10.2 Å². The molecule has 7 nitrogen and oxygen atoms in total. The lowest BCUT2D eigenvalue weighted by Crippen LogP contribution is -2.48. The molecule has 2 heterocycles. The van der Waals surface area contributed by atoms with Crippen LogP contribution in [0.2, 0.25) is 0 Å². The van der Waals surface area contributed by atoms with E-state index in [2.05, 4.69) is 65.4 Å². The second-order valence-electron chi connectivity index (χ2n) is 7.24. The average Bonchev–Trinajstić information content (AvgIpc) is 3.17. The summed E-state index contributed by atoms with van der Waals surface area (Å²) in [6.45, 7) is 8.18. The summed E-state index contributed by atoms with van der Waals surface area (Å²) in [5, 5.41) is 7.72. The third-order valence-corrected chi connectivity index (χ3v) is 5.13. The molecular weight excluding hydrogens is 352 g/mol. The van der Waals surface area contributed by atoms with E-state index in [0.717, 1.165) is 37.7 Å². The van der Waals surface area contributed by atoms with Crippen molar-refractivity contribution in [3.63, 3.8) is 0 Å². The molecule has 1 N–H and O–H groups in total. The molecule has 0 aliphatic carbocycles. The fourth-order valence-electron chi connectivity index (χ4n) is 3.33. The second kappa shape index (κ2) is 9.59. The number of hydrogen-bond acceptors (Lipinski definition) is 4. The Morgan fingerprint density at radius 2 is 2.18 bits per heavy atom. The minimum atomic E-state index is 0.0238. The third-order valence-electron chi connectivity index (χ3n) is 5.13.